The lowest BCUT2D eigenvalue weighted by Crippen LogP contribution is -1.56. The molecule has 2 fully saturated rings. The van der Waals surface area contributed by atoms with E-state index in [0.717, 1.165) is 18.9 Å². The molecular formula is C4H8S2. The molecule has 0 amide bonds. The third kappa shape index (κ3) is 0.562. The van der Waals surface area contributed by atoms with Crippen molar-refractivity contribution in [3.05, 3.63) is 0 Å². The molecule has 0 nitrogen and oxygen atoms in total. The first-order chi connectivity index (χ1) is 2.97. The second kappa shape index (κ2) is 1.10. The first-order valence-corrected chi connectivity index (χ1v) is 5.96. The van der Waals surface area contributed by atoms with E-state index in [0.29, 0.717) is 0 Å². The minimum atomic E-state index is 1.02. The lowest BCUT2D eigenvalue weighted by molar-refractivity contribution is 1.75. The summed E-state index contributed by atoms with van der Waals surface area (Å²) in [4.78, 5) is 0. The zero-order valence-electron chi connectivity index (χ0n) is 3.64. The minimum absolute atomic E-state index is 1.02. The van der Waals surface area contributed by atoms with Gasteiger partial charge >= 0.3 is 0 Å². The smallest absolute Gasteiger partial charge is 0.00238 e. The summed E-state index contributed by atoms with van der Waals surface area (Å²) in [5, 5.41) is 0. The van der Waals surface area contributed by atoms with E-state index < -0.39 is 0 Å². The van der Waals surface area contributed by atoms with Gasteiger partial charge in [-0.25, -0.2) is 0 Å². The van der Waals surface area contributed by atoms with E-state index in [1.54, 1.807) is 23.0 Å². The van der Waals surface area contributed by atoms with E-state index in [1.807, 2.05) is 0 Å². The van der Waals surface area contributed by atoms with Crippen molar-refractivity contribution in [3.63, 3.8) is 0 Å². The van der Waals surface area contributed by atoms with Crippen LogP contribution in [0.3, 0.4) is 0 Å². The molecule has 0 spiro atoms. The predicted molar refractivity (Wildman–Crippen MR) is 34.2 cm³/mol. The van der Waals surface area contributed by atoms with Gasteiger partial charge in [0, 0.05) is 23.0 Å². The van der Waals surface area contributed by atoms with Crippen LogP contribution in [-0.4, -0.2) is 23.0 Å². The van der Waals surface area contributed by atoms with Crippen LogP contribution in [0.4, 0.5) is 0 Å². The lowest BCUT2D eigenvalue weighted by atomic mass is 11.0. The molecule has 0 aromatic carbocycles. The van der Waals surface area contributed by atoms with Crippen molar-refractivity contribution in [1.29, 1.82) is 0 Å². The van der Waals surface area contributed by atoms with Gasteiger partial charge in [0.25, 0.3) is 0 Å². The van der Waals surface area contributed by atoms with E-state index in [-0.39, 0.29) is 0 Å². The van der Waals surface area contributed by atoms with Crippen LogP contribution in [0.25, 0.3) is 0 Å². The third-order valence-corrected chi connectivity index (χ3v) is 7.22. The average Bonchev–Trinajstić information content (AvgIpc) is 2.26. The summed E-state index contributed by atoms with van der Waals surface area (Å²) in [6.07, 6.45) is 0. The third-order valence-electron chi connectivity index (χ3n) is 1.07. The van der Waals surface area contributed by atoms with Crippen LogP contribution in [0.5, 0.6) is 0 Å². The van der Waals surface area contributed by atoms with Crippen molar-refractivity contribution in [2.24, 2.45) is 0 Å². The number of hydrogen-bond donors (Lipinski definition) is 0. The summed E-state index contributed by atoms with van der Waals surface area (Å²) < 4.78 is 0. The highest BCUT2D eigenvalue weighted by Gasteiger charge is 2.21. The Labute approximate surface area is 42.5 Å². The van der Waals surface area contributed by atoms with Crippen molar-refractivity contribution in [2.45, 2.75) is 0 Å². The Kier molecular flexibility index (Phi) is 0.673. The van der Waals surface area contributed by atoms with Gasteiger partial charge in [-0.3, -0.25) is 0 Å². The maximum absolute atomic E-state index is 1.60. The topological polar surface area (TPSA) is 0 Å². The Bertz CT molecular complexity index is 88.7. The standard InChI is InChI=1S/C4H8S2/c1-2-5(1)6-3-4-6/h1-4H2. The van der Waals surface area contributed by atoms with Gasteiger partial charge in [0.15, 0.2) is 0 Å². The fourth-order valence-electron chi connectivity index (χ4n) is 0.539. The van der Waals surface area contributed by atoms with E-state index >= 15 is 0 Å². The first kappa shape index (κ1) is 3.67. The fourth-order valence-corrected chi connectivity index (χ4v) is 6.08. The molecule has 36 valence electrons. The molecule has 2 rings (SSSR count). The van der Waals surface area contributed by atoms with Crippen LogP contribution in [0.1, 0.15) is 0 Å². The maximum Gasteiger partial charge on any atom is 0.00238 e. The van der Waals surface area contributed by atoms with Crippen molar-refractivity contribution in [2.75, 3.05) is 23.0 Å². The van der Waals surface area contributed by atoms with E-state index in [4.69, 9.17) is 0 Å². The van der Waals surface area contributed by atoms with Gasteiger partial charge in [0.1, 0.15) is 0 Å². The molecule has 0 aliphatic carbocycles. The van der Waals surface area contributed by atoms with Crippen LogP contribution in [0.2, 0.25) is 0 Å². The normalized spacial score (nSPS) is 34.0. The Hall–Kier alpha value is 0.700. The van der Waals surface area contributed by atoms with Gasteiger partial charge in [0.05, 0.1) is 0 Å². The summed E-state index contributed by atoms with van der Waals surface area (Å²) in [6, 6.07) is 0. The van der Waals surface area contributed by atoms with Crippen LogP contribution in [-0.2, 0) is 18.9 Å². The lowest BCUT2D eigenvalue weighted by Gasteiger charge is -1.63. The molecule has 0 aromatic rings. The molecule has 0 atom stereocenters. The van der Waals surface area contributed by atoms with Gasteiger partial charge < -0.3 is 0 Å². The monoisotopic (exact) mass is 120 g/mol. The first-order valence-electron chi connectivity index (χ1n) is 2.32. The van der Waals surface area contributed by atoms with Gasteiger partial charge in [0.2, 0.25) is 0 Å². The van der Waals surface area contributed by atoms with Gasteiger partial charge in [-0.1, -0.05) is 0 Å². The van der Waals surface area contributed by atoms with E-state index in [9.17, 15) is 0 Å². The molecule has 6 heavy (non-hydrogen) atoms. The number of rotatable bonds is 0. The van der Waals surface area contributed by atoms with Crippen LogP contribution < -0.4 is 0 Å². The van der Waals surface area contributed by atoms with Crippen molar-refractivity contribution < 1.29 is 0 Å². The molecular weight excluding hydrogens is 112 g/mol. The zero-order valence-corrected chi connectivity index (χ0v) is 5.28. The van der Waals surface area contributed by atoms with Crippen molar-refractivity contribution in [3.8, 4) is 0 Å². The zero-order chi connectivity index (χ0) is 3.98. The van der Waals surface area contributed by atoms with Crippen LogP contribution in [0, 0.1) is 0 Å². The molecule has 2 aliphatic heterocycles. The largest absolute Gasteiger partial charge is 0.160 e. The Morgan fingerprint density at radius 2 is 1.00 bits per heavy atom. The molecule has 0 N–H and O–H groups in total. The van der Waals surface area contributed by atoms with Crippen molar-refractivity contribution >= 4 is 18.9 Å². The van der Waals surface area contributed by atoms with Crippen LogP contribution >= 0.6 is 0 Å². The summed E-state index contributed by atoms with van der Waals surface area (Å²) in [5.74, 6) is 6.40. The molecule has 2 aliphatic rings. The summed E-state index contributed by atoms with van der Waals surface area (Å²) in [5.41, 5.74) is 0. The summed E-state index contributed by atoms with van der Waals surface area (Å²) in [6.45, 7) is 0. The number of hydrogen-bond acceptors (Lipinski definition) is 0. The fraction of sp³-hybridized carbons (Fsp3) is 1.00. The summed E-state index contributed by atoms with van der Waals surface area (Å²) >= 11 is 0. The molecule has 0 bridgehead atoms. The highest BCUT2D eigenvalue weighted by molar-refractivity contribution is 8.49. The molecule has 2 heterocycles. The Balaban J connectivity index is 2.34. The molecule has 0 aromatic heterocycles. The minimum Gasteiger partial charge on any atom is -0.160 e. The van der Waals surface area contributed by atoms with Gasteiger partial charge in [-0.05, 0) is 0 Å². The van der Waals surface area contributed by atoms with E-state index in [2.05, 4.69) is 0 Å². The molecule has 0 saturated carbocycles. The van der Waals surface area contributed by atoms with E-state index in [1.165, 1.54) is 0 Å². The van der Waals surface area contributed by atoms with Crippen LogP contribution in [0.15, 0.2) is 0 Å². The summed E-state index contributed by atoms with van der Waals surface area (Å²) in [7, 11) is 2.04. The second-order valence-electron chi connectivity index (χ2n) is 1.70. The highest BCUT2D eigenvalue weighted by atomic mass is 32.9. The maximum atomic E-state index is 1.60. The molecule has 2 heteroatoms. The quantitative estimate of drug-likeness (QED) is 0.400. The Morgan fingerprint density at radius 3 is 1.17 bits per heavy atom. The van der Waals surface area contributed by atoms with Gasteiger partial charge in [-0.15, -0.1) is 0 Å². The average molecular weight is 120 g/mol. The molecule has 2 saturated heterocycles. The highest BCUT2D eigenvalue weighted by Crippen LogP contribution is 2.17. The molecule has 0 radical (unpaired) electrons. The molecule has 0 unspecified atom stereocenters. The van der Waals surface area contributed by atoms with Gasteiger partial charge in [-0.2, -0.15) is 18.9 Å². The predicted octanol–water partition coefficient (Wildman–Crippen LogP) is 0.165. The SMILES string of the molecule is C1CS1=S1CC1. The Morgan fingerprint density at radius 1 is 0.667 bits per heavy atom. The second-order valence-corrected chi connectivity index (χ2v) is 7.92. The van der Waals surface area contributed by atoms with Crippen molar-refractivity contribution in [1.82, 2.24) is 0 Å².